The summed E-state index contributed by atoms with van der Waals surface area (Å²) in [7, 11) is 0. The number of carbonyl (C=O) groups excluding carboxylic acids is 1. The Morgan fingerprint density at radius 3 is 2.44 bits per heavy atom. The third kappa shape index (κ3) is 6.57. The molecular formula is C13H27ClN2O2. The van der Waals surface area contributed by atoms with E-state index in [1.807, 2.05) is 13.8 Å². The van der Waals surface area contributed by atoms with Crippen molar-refractivity contribution in [2.45, 2.75) is 58.1 Å². The molecule has 0 heterocycles. The Hall–Kier alpha value is -0.320. The number of hydrogen-bond acceptors (Lipinski definition) is 3. The highest BCUT2D eigenvalue weighted by Crippen LogP contribution is 2.26. The molecule has 1 rings (SSSR count). The molecule has 1 aliphatic rings. The van der Waals surface area contributed by atoms with Gasteiger partial charge in [0.25, 0.3) is 0 Å². The molecule has 1 aliphatic carbocycles. The first-order chi connectivity index (χ1) is 8.13. The minimum atomic E-state index is -0.0419. The molecule has 0 aromatic rings. The van der Waals surface area contributed by atoms with Crippen molar-refractivity contribution in [2.24, 2.45) is 11.7 Å². The van der Waals surface area contributed by atoms with Crippen molar-refractivity contribution in [1.29, 1.82) is 0 Å². The molecule has 4 nitrogen and oxygen atoms in total. The van der Waals surface area contributed by atoms with Crippen LogP contribution in [0.2, 0.25) is 0 Å². The molecule has 0 spiro atoms. The van der Waals surface area contributed by atoms with E-state index < -0.39 is 0 Å². The molecule has 0 aliphatic heterocycles. The van der Waals surface area contributed by atoms with Gasteiger partial charge in [0.15, 0.2) is 0 Å². The number of amides is 1. The Morgan fingerprint density at radius 2 is 1.94 bits per heavy atom. The molecule has 1 amide bonds. The number of nitrogens with two attached hydrogens (primary N) is 1. The second-order valence-electron chi connectivity index (χ2n) is 5.17. The van der Waals surface area contributed by atoms with Gasteiger partial charge in [0.05, 0.1) is 6.10 Å². The molecule has 0 aromatic carbocycles. The van der Waals surface area contributed by atoms with E-state index in [1.165, 1.54) is 32.1 Å². The van der Waals surface area contributed by atoms with Gasteiger partial charge < -0.3 is 15.8 Å². The van der Waals surface area contributed by atoms with Crippen LogP contribution < -0.4 is 11.1 Å². The van der Waals surface area contributed by atoms with Gasteiger partial charge in [-0.05, 0) is 32.6 Å². The summed E-state index contributed by atoms with van der Waals surface area (Å²) in [6.07, 6.45) is 6.31. The summed E-state index contributed by atoms with van der Waals surface area (Å²) in [4.78, 5) is 11.7. The molecule has 3 N–H and O–H groups in total. The summed E-state index contributed by atoms with van der Waals surface area (Å²) >= 11 is 0. The van der Waals surface area contributed by atoms with E-state index in [9.17, 15) is 4.79 Å². The molecule has 1 saturated carbocycles. The molecule has 18 heavy (non-hydrogen) atoms. The molecular weight excluding hydrogens is 252 g/mol. The maximum atomic E-state index is 11.7. The molecule has 0 radical (unpaired) electrons. The average molecular weight is 279 g/mol. The van der Waals surface area contributed by atoms with E-state index in [-0.39, 0.29) is 37.1 Å². The van der Waals surface area contributed by atoms with Crippen LogP contribution >= 0.6 is 12.4 Å². The van der Waals surface area contributed by atoms with E-state index >= 15 is 0 Å². The molecule has 108 valence electrons. The minimum absolute atomic E-state index is 0. The lowest BCUT2D eigenvalue weighted by Crippen LogP contribution is -2.47. The number of carbonyl (C=O) groups is 1. The number of hydrogen-bond donors (Lipinski definition) is 2. The van der Waals surface area contributed by atoms with Crippen LogP contribution in [0.15, 0.2) is 0 Å². The number of halogens is 1. The summed E-state index contributed by atoms with van der Waals surface area (Å²) in [5.74, 6) is 0.511. The van der Waals surface area contributed by atoms with Crippen molar-refractivity contribution in [1.82, 2.24) is 5.32 Å². The molecule has 1 atom stereocenters. The summed E-state index contributed by atoms with van der Waals surface area (Å²) in [6.45, 7) is 4.52. The Balaban J connectivity index is 0.00000289. The van der Waals surface area contributed by atoms with Crippen LogP contribution in [-0.2, 0) is 9.53 Å². The van der Waals surface area contributed by atoms with Crippen LogP contribution in [0.25, 0.3) is 0 Å². The first kappa shape index (κ1) is 17.7. The fraction of sp³-hybridized carbons (Fsp3) is 0.923. The largest absolute Gasteiger partial charge is 0.369 e. The normalized spacial score (nSPS) is 18.2. The van der Waals surface area contributed by atoms with E-state index in [4.69, 9.17) is 10.5 Å². The first-order valence-corrected chi connectivity index (χ1v) is 6.74. The van der Waals surface area contributed by atoms with Gasteiger partial charge in [-0.3, -0.25) is 4.79 Å². The Kier molecular flexibility index (Phi) is 9.42. The molecule has 0 aromatic heterocycles. The van der Waals surface area contributed by atoms with Crippen LogP contribution in [0.5, 0.6) is 0 Å². The monoisotopic (exact) mass is 278 g/mol. The van der Waals surface area contributed by atoms with Crippen molar-refractivity contribution in [3.8, 4) is 0 Å². The van der Waals surface area contributed by atoms with Crippen molar-refractivity contribution in [3.05, 3.63) is 0 Å². The number of rotatable bonds is 6. The summed E-state index contributed by atoms with van der Waals surface area (Å²) in [5.41, 5.74) is 5.75. The van der Waals surface area contributed by atoms with Gasteiger partial charge in [0.2, 0.25) is 5.91 Å². The summed E-state index contributed by atoms with van der Waals surface area (Å²) in [6, 6.07) is 0.124. The van der Waals surface area contributed by atoms with Crippen molar-refractivity contribution >= 4 is 18.3 Å². The van der Waals surface area contributed by atoms with Gasteiger partial charge in [-0.2, -0.15) is 0 Å². The van der Waals surface area contributed by atoms with E-state index in [1.54, 1.807) is 0 Å². The SMILES string of the molecule is CC(C)OCC(=O)NC(CN)C1CCCCC1.Cl. The predicted octanol–water partition coefficient (Wildman–Crippen LogP) is 1.86. The fourth-order valence-electron chi connectivity index (χ4n) is 2.40. The molecule has 0 saturated heterocycles. The topological polar surface area (TPSA) is 64.3 Å². The smallest absolute Gasteiger partial charge is 0.246 e. The first-order valence-electron chi connectivity index (χ1n) is 6.74. The maximum absolute atomic E-state index is 11.7. The summed E-state index contributed by atoms with van der Waals surface area (Å²) < 4.78 is 5.28. The van der Waals surface area contributed by atoms with E-state index in [2.05, 4.69) is 5.32 Å². The Bertz CT molecular complexity index is 231. The number of nitrogens with one attached hydrogen (secondary N) is 1. The zero-order valence-corrected chi connectivity index (χ0v) is 12.3. The van der Waals surface area contributed by atoms with Crippen molar-refractivity contribution < 1.29 is 9.53 Å². The van der Waals surface area contributed by atoms with Gasteiger partial charge in [-0.15, -0.1) is 12.4 Å². The second kappa shape index (κ2) is 9.59. The van der Waals surface area contributed by atoms with Crippen molar-refractivity contribution in [2.75, 3.05) is 13.2 Å². The van der Waals surface area contributed by atoms with E-state index in [0.717, 1.165) is 0 Å². The molecule has 0 bridgehead atoms. The highest BCUT2D eigenvalue weighted by atomic mass is 35.5. The minimum Gasteiger partial charge on any atom is -0.369 e. The quantitative estimate of drug-likeness (QED) is 0.779. The zero-order valence-electron chi connectivity index (χ0n) is 11.5. The highest BCUT2D eigenvalue weighted by molar-refractivity contribution is 5.85. The molecule has 1 fully saturated rings. The second-order valence-corrected chi connectivity index (χ2v) is 5.17. The van der Waals surface area contributed by atoms with Crippen LogP contribution in [0, 0.1) is 5.92 Å². The third-order valence-electron chi connectivity index (χ3n) is 3.37. The van der Waals surface area contributed by atoms with Gasteiger partial charge in [-0.25, -0.2) is 0 Å². The standard InChI is InChI=1S/C13H26N2O2.ClH/c1-10(2)17-9-13(16)15-12(8-14)11-6-4-3-5-7-11;/h10-12H,3-9,14H2,1-2H3,(H,15,16);1H. The lowest BCUT2D eigenvalue weighted by molar-refractivity contribution is -0.128. The van der Waals surface area contributed by atoms with Gasteiger partial charge >= 0.3 is 0 Å². The Morgan fingerprint density at radius 1 is 1.33 bits per heavy atom. The van der Waals surface area contributed by atoms with Crippen LogP contribution in [0.1, 0.15) is 46.0 Å². The number of ether oxygens (including phenoxy) is 1. The highest BCUT2D eigenvalue weighted by Gasteiger charge is 2.23. The third-order valence-corrected chi connectivity index (χ3v) is 3.37. The average Bonchev–Trinajstić information content (AvgIpc) is 2.34. The van der Waals surface area contributed by atoms with Gasteiger partial charge in [0.1, 0.15) is 6.61 Å². The molecule has 1 unspecified atom stereocenters. The summed E-state index contributed by atoms with van der Waals surface area (Å²) in [5, 5.41) is 3.00. The van der Waals surface area contributed by atoms with Crippen LogP contribution in [0.3, 0.4) is 0 Å². The lowest BCUT2D eigenvalue weighted by Gasteiger charge is -2.30. The van der Waals surface area contributed by atoms with Crippen molar-refractivity contribution in [3.63, 3.8) is 0 Å². The Labute approximate surface area is 116 Å². The predicted molar refractivity (Wildman–Crippen MR) is 75.9 cm³/mol. The fourth-order valence-corrected chi connectivity index (χ4v) is 2.40. The van der Waals surface area contributed by atoms with Crippen LogP contribution in [0.4, 0.5) is 0 Å². The van der Waals surface area contributed by atoms with E-state index in [0.29, 0.717) is 12.5 Å². The van der Waals surface area contributed by atoms with Crippen LogP contribution in [-0.4, -0.2) is 31.2 Å². The van der Waals surface area contributed by atoms with Gasteiger partial charge in [-0.1, -0.05) is 19.3 Å². The van der Waals surface area contributed by atoms with Gasteiger partial charge in [0, 0.05) is 12.6 Å². The lowest BCUT2D eigenvalue weighted by atomic mass is 9.84. The maximum Gasteiger partial charge on any atom is 0.246 e. The molecule has 5 heteroatoms. The zero-order chi connectivity index (χ0) is 12.7.